The third kappa shape index (κ3) is 3280. The van der Waals surface area contributed by atoms with Gasteiger partial charge in [0.15, 0.2) is 0 Å². The van der Waals surface area contributed by atoms with Gasteiger partial charge in [0, 0.05) is 18.6 Å². The average molecular weight is 486 g/mol. The van der Waals surface area contributed by atoms with Crippen molar-refractivity contribution in [2.24, 2.45) is 0 Å². The van der Waals surface area contributed by atoms with E-state index in [9.17, 15) is 16.8 Å². The van der Waals surface area contributed by atoms with Crippen molar-refractivity contribution < 1.29 is 128 Å². The second-order valence-corrected chi connectivity index (χ2v) is 5.29. The molecule has 23 heavy (non-hydrogen) atoms. The standard InChI is InChI=1S/4FH2O3P.Na.H2O.V/c4*1-5(2,3)4;;;/h4*(H2,2,3,4);;1H2;/q;;;;+1;;/p-6. The summed E-state index contributed by atoms with van der Waals surface area (Å²) < 4.78 is 74.7. The Kier molecular flexibility index (Phi) is 36.0. The summed E-state index contributed by atoms with van der Waals surface area (Å²) in [5, 5.41) is 0. The molecule has 0 atom stereocenters. The van der Waals surface area contributed by atoms with E-state index >= 15 is 0 Å². The maximum atomic E-state index is 10.4. The van der Waals surface area contributed by atoms with Gasteiger partial charge in [-0.05, 0) is 0 Å². The van der Waals surface area contributed by atoms with E-state index in [0.29, 0.717) is 0 Å². The van der Waals surface area contributed by atoms with Gasteiger partial charge in [0.05, 0.1) is 0 Å². The molecule has 0 saturated heterocycles. The number of hydrogen-bond acceptors (Lipinski definition) is 10. The molecule has 0 aromatic heterocycles. The fourth-order valence-electron chi connectivity index (χ4n) is 0. The average Bonchev–Trinajstić information content (AvgIpc) is 1.62. The Morgan fingerprint density at radius 3 is 0.609 bits per heavy atom. The fraction of sp³-hybridized carbons (Fsp3) is 0. The van der Waals surface area contributed by atoms with Crippen LogP contribution in [0.2, 0.25) is 0 Å². The van der Waals surface area contributed by atoms with Crippen LogP contribution >= 0.6 is 31.6 Å². The Balaban J connectivity index is -0.0000000284. The maximum absolute atomic E-state index is 10.4. The Bertz CT molecular complexity index is 305. The molecule has 0 aliphatic rings. The quantitative estimate of drug-likeness (QED) is 0.184. The fourth-order valence-corrected chi connectivity index (χ4v) is 0. The van der Waals surface area contributed by atoms with Crippen LogP contribution in [0, 0.1) is 0 Å². The number of rotatable bonds is 0. The molecule has 1 radical (unpaired) electrons. The van der Waals surface area contributed by atoms with Crippen LogP contribution in [0.3, 0.4) is 0 Å². The smallest absolute Gasteiger partial charge is 0.786 e. The van der Waals surface area contributed by atoms with Gasteiger partial charge in [-0.3, -0.25) is 9.79 Å². The van der Waals surface area contributed by atoms with Gasteiger partial charge < -0.3 is 48.5 Å². The summed E-state index contributed by atoms with van der Waals surface area (Å²) in [7, 11) is -22.1. The maximum Gasteiger partial charge on any atom is 1.00 e. The van der Waals surface area contributed by atoms with Crippen LogP contribution in [-0.4, -0.2) is 15.3 Å². The molecule has 0 aliphatic heterocycles. The summed E-state index contributed by atoms with van der Waals surface area (Å²) in [4.78, 5) is 64.6. The van der Waals surface area contributed by atoms with E-state index in [1.165, 1.54) is 0 Å². The minimum absolute atomic E-state index is 0. The molecule has 0 unspecified atom stereocenters. The minimum atomic E-state index is -5.64. The Morgan fingerprint density at radius 2 is 0.609 bits per heavy atom. The zero-order chi connectivity index (χ0) is 18.0. The van der Waals surface area contributed by atoms with Gasteiger partial charge in [0.2, 0.25) is 0 Å². The summed E-state index contributed by atoms with van der Waals surface area (Å²) in [6, 6.07) is 0. The molecule has 0 heterocycles. The summed E-state index contributed by atoms with van der Waals surface area (Å²) in [5.41, 5.74) is 0. The first-order valence-electron chi connectivity index (χ1n) is 2.90. The van der Waals surface area contributed by atoms with Crippen molar-refractivity contribution in [2.45, 2.75) is 0 Å². The zero-order valence-electron chi connectivity index (χ0n) is 10.2. The summed E-state index contributed by atoms with van der Waals surface area (Å²) in [6.45, 7) is 0. The summed E-state index contributed by atoms with van der Waals surface area (Å²) in [6.07, 6.45) is 0. The molecular formula is H4F4NaO13P4V-5. The first-order chi connectivity index (χ1) is 8.00. The SMILES string of the molecule is O.O=P(O)(O)F.O=P([O-])([O-])F.O=P([O-])([O-])F.O=P([O-])([O-])F.[Na+].[V]. The van der Waals surface area contributed by atoms with Crippen LogP contribution in [0.5, 0.6) is 0 Å². The van der Waals surface area contributed by atoms with E-state index in [1.54, 1.807) is 0 Å². The van der Waals surface area contributed by atoms with Crippen molar-refractivity contribution in [3.63, 3.8) is 0 Å². The van der Waals surface area contributed by atoms with E-state index < -0.39 is 31.6 Å². The topological polar surface area (TPSA) is 279 Å². The van der Waals surface area contributed by atoms with Crippen LogP contribution in [0.4, 0.5) is 16.8 Å². The Morgan fingerprint density at radius 1 is 0.609 bits per heavy atom. The van der Waals surface area contributed by atoms with E-state index in [-0.39, 0.29) is 53.6 Å². The molecule has 23 heteroatoms. The predicted molar refractivity (Wildman–Crippen MR) is 42.9 cm³/mol. The van der Waals surface area contributed by atoms with E-state index in [2.05, 4.69) is 0 Å². The van der Waals surface area contributed by atoms with E-state index in [4.69, 9.17) is 57.4 Å². The molecule has 0 fully saturated rings. The van der Waals surface area contributed by atoms with Gasteiger partial charge in [0.25, 0.3) is 0 Å². The largest absolute Gasteiger partial charge is 1.00 e. The molecule has 0 aliphatic carbocycles. The molecule has 0 aromatic rings. The Labute approximate surface area is 159 Å². The second kappa shape index (κ2) is 18.6. The van der Waals surface area contributed by atoms with Gasteiger partial charge in [0.1, 0.15) is 23.7 Å². The first-order valence-corrected chi connectivity index (χ1v) is 8.71. The van der Waals surface area contributed by atoms with Crippen molar-refractivity contribution in [1.82, 2.24) is 0 Å². The zero-order valence-corrected chi connectivity index (χ0v) is 17.2. The molecule has 0 bridgehead atoms. The van der Waals surface area contributed by atoms with Crippen LogP contribution in [0.15, 0.2) is 0 Å². The third-order valence-electron chi connectivity index (χ3n) is 0. The van der Waals surface area contributed by atoms with Gasteiger partial charge >= 0.3 is 37.5 Å². The molecule has 0 saturated carbocycles. The normalized spacial score (nSPS) is 10.3. The molecule has 141 valence electrons. The summed E-state index contributed by atoms with van der Waals surface area (Å²) >= 11 is 0. The number of halogens is 4. The molecule has 13 nitrogen and oxygen atoms in total. The van der Waals surface area contributed by atoms with Gasteiger partial charge in [-0.1, -0.05) is 0 Å². The van der Waals surface area contributed by atoms with Crippen LogP contribution < -0.4 is 58.9 Å². The van der Waals surface area contributed by atoms with Crippen LogP contribution in [-0.2, 0) is 36.8 Å². The molecule has 0 amide bonds. The first kappa shape index (κ1) is 44.4. The van der Waals surface area contributed by atoms with Crippen molar-refractivity contribution >= 4 is 31.6 Å². The van der Waals surface area contributed by atoms with Crippen molar-refractivity contribution in [3.05, 3.63) is 0 Å². The van der Waals surface area contributed by atoms with Crippen molar-refractivity contribution in [3.8, 4) is 0 Å². The van der Waals surface area contributed by atoms with E-state index in [1.807, 2.05) is 0 Å². The van der Waals surface area contributed by atoms with Gasteiger partial charge in [-0.2, -0.15) is 0 Å². The van der Waals surface area contributed by atoms with Crippen LogP contribution in [0.25, 0.3) is 0 Å². The van der Waals surface area contributed by atoms with E-state index in [0.717, 1.165) is 0 Å². The van der Waals surface area contributed by atoms with Gasteiger partial charge in [-0.15, -0.1) is 4.20 Å². The molecule has 0 rings (SSSR count). The molecule has 0 aromatic carbocycles. The molecular weight excluding hydrogens is 482 g/mol. The van der Waals surface area contributed by atoms with Gasteiger partial charge in [-0.25, -0.2) is 17.2 Å². The van der Waals surface area contributed by atoms with Crippen LogP contribution in [0.1, 0.15) is 0 Å². The Hall–Kier alpha value is 1.86. The monoisotopic (exact) mass is 486 g/mol. The van der Waals surface area contributed by atoms with Crippen molar-refractivity contribution in [1.29, 1.82) is 0 Å². The molecule has 0 spiro atoms. The predicted octanol–water partition coefficient (Wildman–Crippen LogP) is -7.42. The molecule has 4 N–H and O–H groups in total. The number of hydrogen-bond donors (Lipinski definition) is 2. The minimum Gasteiger partial charge on any atom is -0.786 e. The third-order valence-corrected chi connectivity index (χ3v) is 0. The second-order valence-electron chi connectivity index (χ2n) is 1.76. The summed E-state index contributed by atoms with van der Waals surface area (Å²) in [5.74, 6) is 0. The van der Waals surface area contributed by atoms with Crippen molar-refractivity contribution in [2.75, 3.05) is 0 Å².